The molecule has 0 aliphatic carbocycles. The van der Waals surface area contributed by atoms with Crippen molar-refractivity contribution in [3.05, 3.63) is 89.5 Å². The number of benzene rings is 3. The number of carbonyl (C=O) groups is 1. The second-order valence-electron chi connectivity index (χ2n) is 7.71. The van der Waals surface area contributed by atoms with Crippen LogP contribution in [0.1, 0.15) is 21.5 Å². The molecule has 0 unspecified atom stereocenters. The predicted molar refractivity (Wildman–Crippen MR) is 119 cm³/mol. The third-order valence-corrected chi connectivity index (χ3v) is 4.99. The fourth-order valence-electron chi connectivity index (χ4n) is 3.35. The summed E-state index contributed by atoms with van der Waals surface area (Å²) in [4.78, 5) is 14.2. The van der Waals surface area contributed by atoms with Gasteiger partial charge in [-0.2, -0.15) is 0 Å². The summed E-state index contributed by atoms with van der Waals surface area (Å²) in [6.45, 7) is 2.20. The van der Waals surface area contributed by atoms with E-state index in [1.165, 1.54) is 29.2 Å². The summed E-state index contributed by atoms with van der Waals surface area (Å²) < 4.78 is 46.5. The van der Waals surface area contributed by atoms with Gasteiger partial charge in [0, 0.05) is 30.3 Å². The lowest BCUT2D eigenvalue weighted by atomic mass is 10.1. The van der Waals surface area contributed by atoms with Crippen LogP contribution in [0.4, 0.5) is 13.2 Å². The molecule has 6 nitrogen and oxygen atoms in total. The van der Waals surface area contributed by atoms with Crippen molar-refractivity contribution < 1.29 is 27.1 Å². The van der Waals surface area contributed by atoms with Crippen LogP contribution < -0.4 is 4.74 Å². The number of carbonyl (C=O) groups excluding carboxylic acids is 1. The zero-order valence-corrected chi connectivity index (χ0v) is 18.3. The zero-order valence-electron chi connectivity index (χ0n) is 18.3. The van der Waals surface area contributed by atoms with Crippen LogP contribution in [0.25, 0.3) is 22.9 Å². The summed E-state index contributed by atoms with van der Waals surface area (Å²) in [5.41, 5.74) is 3.68. The highest BCUT2D eigenvalue weighted by atomic mass is 19.4. The molecule has 0 saturated carbocycles. The molecule has 0 fully saturated rings. The molecule has 0 bridgehead atoms. The first-order valence-electron chi connectivity index (χ1n) is 10.3. The largest absolute Gasteiger partial charge is 0.573 e. The van der Waals surface area contributed by atoms with Gasteiger partial charge in [-0.3, -0.25) is 4.79 Å². The van der Waals surface area contributed by atoms with Crippen molar-refractivity contribution in [2.45, 2.75) is 19.8 Å². The Morgan fingerprint density at radius 1 is 0.941 bits per heavy atom. The summed E-state index contributed by atoms with van der Waals surface area (Å²) >= 11 is 0. The lowest BCUT2D eigenvalue weighted by molar-refractivity contribution is -0.274. The normalized spacial score (nSPS) is 11.3. The van der Waals surface area contributed by atoms with Gasteiger partial charge in [0.1, 0.15) is 5.75 Å². The van der Waals surface area contributed by atoms with Crippen molar-refractivity contribution in [2.75, 3.05) is 7.05 Å². The summed E-state index contributed by atoms with van der Waals surface area (Å²) in [6.07, 6.45) is -4.75. The molecule has 0 aliphatic heterocycles. The number of hydrogen-bond donors (Lipinski definition) is 0. The number of aryl methyl sites for hydroxylation is 1. The summed E-state index contributed by atoms with van der Waals surface area (Å²) in [7, 11) is 1.61. The highest BCUT2D eigenvalue weighted by Crippen LogP contribution is 2.26. The van der Waals surface area contributed by atoms with Crippen LogP contribution in [0.5, 0.6) is 5.75 Å². The van der Waals surface area contributed by atoms with Gasteiger partial charge in [0.25, 0.3) is 5.91 Å². The summed E-state index contributed by atoms with van der Waals surface area (Å²) in [5, 5.41) is 8.19. The van der Waals surface area contributed by atoms with E-state index < -0.39 is 6.36 Å². The van der Waals surface area contributed by atoms with E-state index in [4.69, 9.17) is 4.42 Å². The number of rotatable bonds is 6. The number of aromatic nitrogens is 2. The van der Waals surface area contributed by atoms with Crippen molar-refractivity contribution in [1.29, 1.82) is 0 Å². The van der Waals surface area contributed by atoms with Crippen molar-refractivity contribution >= 4 is 5.91 Å². The minimum absolute atomic E-state index is 0.219. The van der Waals surface area contributed by atoms with Crippen LogP contribution in [0.2, 0.25) is 0 Å². The molecule has 0 saturated heterocycles. The van der Waals surface area contributed by atoms with Gasteiger partial charge >= 0.3 is 6.36 Å². The van der Waals surface area contributed by atoms with Gasteiger partial charge in [-0.1, -0.05) is 29.8 Å². The minimum atomic E-state index is -4.75. The average molecular weight is 467 g/mol. The van der Waals surface area contributed by atoms with E-state index in [-0.39, 0.29) is 18.2 Å². The molecule has 1 aromatic heterocycles. The SMILES string of the molecule is Cc1cccc(-c2nnc(-c3ccc(C(=O)N(C)Cc4ccc(OC(F)(F)F)cc4)cc3)o2)c1. The Kier molecular flexibility index (Phi) is 6.36. The second-order valence-corrected chi connectivity index (χ2v) is 7.71. The Morgan fingerprint density at radius 3 is 2.21 bits per heavy atom. The Labute approximate surface area is 193 Å². The van der Waals surface area contributed by atoms with E-state index in [0.717, 1.165) is 11.1 Å². The van der Waals surface area contributed by atoms with Crippen molar-refractivity contribution in [3.63, 3.8) is 0 Å². The van der Waals surface area contributed by atoms with Gasteiger partial charge in [-0.05, 0) is 61.0 Å². The molecule has 0 atom stereocenters. The van der Waals surface area contributed by atoms with Gasteiger partial charge in [0.05, 0.1) is 0 Å². The molecule has 0 radical (unpaired) electrons. The lowest BCUT2D eigenvalue weighted by Crippen LogP contribution is -2.26. The maximum Gasteiger partial charge on any atom is 0.573 e. The van der Waals surface area contributed by atoms with E-state index in [0.29, 0.717) is 28.5 Å². The first-order chi connectivity index (χ1) is 16.2. The summed E-state index contributed by atoms with van der Waals surface area (Å²) in [6, 6.07) is 19.9. The topological polar surface area (TPSA) is 68.5 Å². The Balaban J connectivity index is 1.41. The Morgan fingerprint density at radius 2 is 1.59 bits per heavy atom. The second kappa shape index (κ2) is 9.38. The van der Waals surface area contributed by atoms with E-state index in [1.807, 2.05) is 31.2 Å². The van der Waals surface area contributed by atoms with Crippen LogP contribution in [0, 0.1) is 6.92 Å². The fourth-order valence-corrected chi connectivity index (χ4v) is 3.35. The number of ether oxygens (including phenoxy) is 1. The first kappa shape index (κ1) is 23.0. The zero-order chi connectivity index (χ0) is 24.3. The maximum atomic E-state index is 12.8. The molecule has 0 spiro atoms. The molecule has 174 valence electrons. The molecule has 4 aromatic rings. The molecule has 1 heterocycles. The maximum absolute atomic E-state index is 12.8. The predicted octanol–water partition coefficient (Wildman–Crippen LogP) is 5.88. The van der Waals surface area contributed by atoms with E-state index in [2.05, 4.69) is 14.9 Å². The van der Waals surface area contributed by atoms with Crippen LogP contribution in [0.3, 0.4) is 0 Å². The number of amides is 1. The number of halogens is 3. The number of alkyl halides is 3. The molecule has 0 aliphatic rings. The third kappa shape index (κ3) is 5.61. The van der Waals surface area contributed by atoms with E-state index >= 15 is 0 Å². The highest BCUT2D eigenvalue weighted by molar-refractivity contribution is 5.94. The molecule has 9 heteroatoms. The molecule has 1 amide bonds. The number of hydrogen-bond acceptors (Lipinski definition) is 5. The summed E-state index contributed by atoms with van der Waals surface area (Å²) in [5.74, 6) is 0.191. The Hall–Kier alpha value is -4.14. The number of nitrogens with zero attached hydrogens (tertiary/aromatic N) is 3. The smallest absolute Gasteiger partial charge is 0.416 e. The average Bonchev–Trinajstić information content (AvgIpc) is 3.29. The minimum Gasteiger partial charge on any atom is -0.416 e. The van der Waals surface area contributed by atoms with Crippen molar-refractivity contribution in [2.24, 2.45) is 0 Å². The van der Waals surface area contributed by atoms with Gasteiger partial charge in [-0.25, -0.2) is 0 Å². The van der Waals surface area contributed by atoms with Gasteiger partial charge < -0.3 is 14.1 Å². The van der Waals surface area contributed by atoms with Crippen molar-refractivity contribution in [3.8, 4) is 28.7 Å². The first-order valence-corrected chi connectivity index (χ1v) is 10.3. The molecular weight excluding hydrogens is 447 g/mol. The monoisotopic (exact) mass is 467 g/mol. The van der Waals surface area contributed by atoms with Crippen LogP contribution in [-0.2, 0) is 6.54 Å². The fraction of sp³-hybridized carbons (Fsp3) is 0.160. The van der Waals surface area contributed by atoms with Gasteiger partial charge in [-0.15, -0.1) is 23.4 Å². The van der Waals surface area contributed by atoms with E-state index in [9.17, 15) is 18.0 Å². The van der Waals surface area contributed by atoms with Gasteiger partial charge in [0.15, 0.2) is 0 Å². The molecule has 3 aromatic carbocycles. The van der Waals surface area contributed by atoms with Crippen molar-refractivity contribution in [1.82, 2.24) is 15.1 Å². The highest BCUT2D eigenvalue weighted by Gasteiger charge is 2.31. The molecular formula is C25H20F3N3O3. The molecule has 0 N–H and O–H groups in total. The quantitative estimate of drug-likeness (QED) is 0.354. The lowest BCUT2D eigenvalue weighted by Gasteiger charge is -2.18. The molecule has 34 heavy (non-hydrogen) atoms. The van der Waals surface area contributed by atoms with Crippen LogP contribution in [0.15, 0.2) is 77.2 Å². The molecule has 4 rings (SSSR count). The van der Waals surface area contributed by atoms with Gasteiger partial charge in [0.2, 0.25) is 11.8 Å². The third-order valence-electron chi connectivity index (χ3n) is 4.99. The van der Waals surface area contributed by atoms with Crippen LogP contribution in [-0.4, -0.2) is 34.4 Å². The Bertz CT molecular complexity index is 1280. The standard InChI is InChI=1S/C25H20F3N3O3/c1-16-4-3-5-20(14-16)23-30-29-22(33-23)18-8-10-19(11-9-18)24(32)31(2)15-17-6-12-21(13-7-17)34-25(26,27)28/h3-14H,15H2,1-2H3. The van der Waals surface area contributed by atoms with Crippen LogP contribution >= 0.6 is 0 Å². The van der Waals surface area contributed by atoms with E-state index in [1.54, 1.807) is 31.3 Å².